The predicted octanol–water partition coefficient (Wildman–Crippen LogP) is -1.51. The van der Waals surface area contributed by atoms with Gasteiger partial charge in [0.2, 0.25) is 11.3 Å². The molecule has 1 rings (SSSR count). The fourth-order valence-electron chi connectivity index (χ4n) is 1.19. The van der Waals surface area contributed by atoms with Gasteiger partial charge in [-0.3, -0.25) is 4.79 Å². The zero-order valence-electron chi connectivity index (χ0n) is 10.9. The topological polar surface area (TPSA) is 120 Å². The fraction of sp³-hybridized carbons (Fsp3) is 0.222. The van der Waals surface area contributed by atoms with Gasteiger partial charge in [-0.25, -0.2) is 16.8 Å². The summed E-state index contributed by atoms with van der Waals surface area (Å²) < 4.78 is 54.0. The SMILES string of the molecule is O=C(NCS(=O)(=O)[O-])c1cccc(S(=O)(=O)C(Br)(Br)Br)c1.[Na+]. The molecular weight excluding hydrogens is 545 g/mol. The molecule has 0 fully saturated rings. The first kappa shape index (κ1) is 23.0. The summed E-state index contributed by atoms with van der Waals surface area (Å²) in [6, 6.07) is 4.91. The van der Waals surface area contributed by atoms with E-state index in [0.29, 0.717) is 0 Å². The Morgan fingerprint density at radius 2 is 1.73 bits per heavy atom. The second-order valence-electron chi connectivity index (χ2n) is 3.68. The van der Waals surface area contributed by atoms with Crippen LogP contribution in [0.15, 0.2) is 29.2 Å². The molecule has 0 radical (unpaired) electrons. The Morgan fingerprint density at radius 3 is 2.18 bits per heavy atom. The number of carbonyl (C=O) groups is 1. The maximum Gasteiger partial charge on any atom is 1.00 e. The van der Waals surface area contributed by atoms with Gasteiger partial charge in [-0.1, -0.05) is 6.07 Å². The monoisotopic (exact) mass is 549 g/mol. The van der Waals surface area contributed by atoms with Crippen molar-refractivity contribution in [2.45, 2.75) is 6.37 Å². The van der Waals surface area contributed by atoms with Crippen LogP contribution in [0.2, 0.25) is 0 Å². The van der Waals surface area contributed by atoms with Crippen molar-refractivity contribution in [3.8, 4) is 0 Å². The van der Waals surface area contributed by atoms with Crippen molar-refractivity contribution in [3.05, 3.63) is 29.8 Å². The maximum absolute atomic E-state index is 12.1. The molecule has 0 spiro atoms. The molecule has 7 nitrogen and oxygen atoms in total. The molecule has 0 saturated heterocycles. The second kappa shape index (κ2) is 8.39. The van der Waals surface area contributed by atoms with Crippen molar-refractivity contribution in [1.82, 2.24) is 5.32 Å². The van der Waals surface area contributed by atoms with Gasteiger partial charge in [0.1, 0.15) is 16.0 Å². The number of halogens is 3. The molecule has 1 aromatic rings. The van der Waals surface area contributed by atoms with Crippen molar-refractivity contribution in [2.75, 3.05) is 5.88 Å². The van der Waals surface area contributed by atoms with E-state index in [9.17, 15) is 26.2 Å². The molecule has 1 N–H and O–H groups in total. The van der Waals surface area contributed by atoms with Crippen molar-refractivity contribution in [1.29, 1.82) is 0 Å². The molecule has 0 heterocycles. The van der Waals surface area contributed by atoms with Crippen LogP contribution in [-0.4, -0.2) is 34.6 Å². The van der Waals surface area contributed by atoms with Gasteiger partial charge in [0.05, 0.1) is 4.90 Å². The second-order valence-corrected chi connectivity index (χ2v) is 15.5. The molecular formula is C9H7Br3NNaO6S2. The Labute approximate surface area is 175 Å². The molecule has 0 aliphatic heterocycles. The standard InChI is InChI=1S/C9H8Br3NO6S2.Na/c10-9(11,12)21(18,19)7-3-1-2-6(4-7)8(14)13-5-20(15,16)17;/h1-4H,5H2,(H,13,14)(H,15,16,17);/q;+1/p-1. The Balaban J connectivity index is 0.00000441. The number of benzene rings is 1. The third-order valence-electron chi connectivity index (χ3n) is 2.12. The summed E-state index contributed by atoms with van der Waals surface area (Å²) in [6.45, 7) is 0. The van der Waals surface area contributed by atoms with Crippen LogP contribution in [0.25, 0.3) is 0 Å². The Morgan fingerprint density at radius 1 is 1.18 bits per heavy atom. The molecule has 0 unspecified atom stereocenters. The van der Waals surface area contributed by atoms with Gasteiger partial charge in [-0.05, 0) is 66.0 Å². The van der Waals surface area contributed by atoms with Crippen LogP contribution in [-0.2, 0) is 20.0 Å². The van der Waals surface area contributed by atoms with Gasteiger partial charge < -0.3 is 9.87 Å². The summed E-state index contributed by atoms with van der Waals surface area (Å²) in [6.07, 6.45) is 0. The minimum atomic E-state index is -4.61. The smallest absolute Gasteiger partial charge is 0.747 e. The van der Waals surface area contributed by atoms with Gasteiger partial charge in [-0.2, -0.15) is 0 Å². The molecule has 0 saturated carbocycles. The van der Waals surface area contributed by atoms with Crippen LogP contribution in [0.4, 0.5) is 0 Å². The number of hydrogen-bond donors (Lipinski definition) is 1. The first-order valence-electron chi connectivity index (χ1n) is 4.98. The fourth-order valence-corrected chi connectivity index (χ4v) is 3.99. The largest absolute Gasteiger partial charge is 1.00 e. The molecule has 0 aromatic heterocycles. The average Bonchev–Trinajstić information content (AvgIpc) is 2.34. The summed E-state index contributed by atoms with van der Waals surface area (Å²) in [5.74, 6) is -1.96. The van der Waals surface area contributed by atoms with Gasteiger partial charge in [0, 0.05) is 5.56 Å². The molecule has 1 aromatic carbocycles. The Hall–Kier alpha value is 0.990. The molecule has 118 valence electrons. The van der Waals surface area contributed by atoms with Gasteiger partial charge in [-0.15, -0.1) is 0 Å². The van der Waals surface area contributed by atoms with Crippen molar-refractivity contribution in [2.24, 2.45) is 0 Å². The Bertz CT molecular complexity index is 760. The van der Waals surface area contributed by atoms with Crippen LogP contribution in [0.1, 0.15) is 10.4 Å². The molecule has 1 amide bonds. The quantitative estimate of drug-likeness (QED) is 0.276. The van der Waals surface area contributed by atoms with E-state index >= 15 is 0 Å². The van der Waals surface area contributed by atoms with E-state index in [1.807, 2.05) is 5.32 Å². The first-order chi connectivity index (χ1) is 9.34. The molecule has 0 atom stereocenters. The number of sulfone groups is 1. The van der Waals surface area contributed by atoms with Crippen molar-refractivity contribution < 1.29 is 55.7 Å². The zero-order valence-corrected chi connectivity index (χ0v) is 19.3. The minimum Gasteiger partial charge on any atom is -0.747 e. The minimum absolute atomic E-state index is 0. The van der Waals surface area contributed by atoms with Gasteiger partial charge in [0.25, 0.3) is 5.91 Å². The maximum atomic E-state index is 12.1. The van der Waals surface area contributed by atoms with Crippen molar-refractivity contribution in [3.63, 3.8) is 0 Å². The molecule has 13 heteroatoms. The average molecular weight is 552 g/mol. The number of rotatable bonds is 4. The van der Waals surface area contributed by atoms with Crippen LogP contribution in [0, 0.1) is 0 Å². The summed E-state index contributed by atoms with van der Waals surface area (Å²) in [4.78, 5) is 11.5. The van der Waals surface area contributed by atoms with E-state index in [2.05, 4.69) is 47.8 Å². The number of amides is 1. The number of alkyl halides is 3. The summed E-state index contributed by atoms with van der Waals surface area (Å²) in [5.41, 5.74) is -0.100. The summed E-state index contributed by atoms with van der Waals surface area (Å²) in [7, 11) is -8.50. The third-order valence-corrected chi connectivity index (χ3v) is 7.94. The van der Waals surface area contributed by atoms with E-state index in [0.717, 1.165) is 6.07 Å². The summed E-state index contributed by atoms with van der Waals surface area (Å²) in [5, 5.41) is 1.89. The molecule has 22 heavy (non-hydrogen) atoms. The number of hydrogen-bond acceptors (Lipinski definition) is 6. The van der Waals surface area contributed by atoms with Crippen LogP contribution < -0.4 is 34.9 Å². The van der Waals surface area contributed by atoms with Crippen LogP contribution >= 0.6 is 47.8 Å². The van der Waals surface area contributed by atoms with Crippen LogP contribution in [0.5, 0.6) is 0 Å². The van der Waals surface area contributed by atoms with E-state index in [-0.39, 0.29) is 40.0 Å². The van der Waals surface area contributed by atoms with E-state index < -0.39 is 33.2 Å². The zero-order chi connectivity index (χ0) is 16.5. The van der Waals surface area contributed by atoms with Crippen LogP contribution in [0.3, 0.4) is 0 Å². The number of nitrogens with one attached hydrogen (secondary N) is 1. The third kappa shape index (κ3) is 6.48. The van der Waals surface area contributed by atoms with E-state index in [1.54, 1.807) is 0 Å². The number of carbonyl (C=O) groups excluding carboxylic acids is 1. The predicted molar refractivity (Wildman–Crippen MR) is 85.2 cm³/mol. The van der Waals surface area contributed by atoms with Gasteiger partial charge in [0.15, 0.2) is 0 Å². The van der Waals surface area contributed by atoms with E-state index in [4.69, 9.17) is 0 Å². The molecule has 0 bridgehead atoms. The summed E-state index contributed by atoms with van der Waals surface area (Å²) >= 11 is 8.64. The van der Waals surface area contributed by atoms with Gasteiger partial charge >= 0.3 is 29.6 Å². The Kier molecular flexibility index (Phi) is 8.76. The van der Waals surface area contributed by atoms with Crippen molar-refractivity contribution >= 4 is 73.7 Å². The first-order valence-corrected chi connectivity index (χ1v) is 10.4. The van der Waals surface area contributed by atoms with E-state index in [1.165, 1.54) is 18.2 Å². The molecule has 0 aliphatic carbocycles. The molecule has 0 aliphatic rings. The normalized spacial score (nSPS) is 12.4.